The van der Waals surface area contributed by atoms with E-state index in [1.807, 2.05) is 29.6 Å². The van der Waals surface area contributed by atoms with Crippen LogP contribution in [0.1, 0.15) is 0 Å². The fourth-order valence-electron chi connectivity index (χ4n) is 0.627. The van der Waals surface area contributed by atoms with E-state index in [0.29, 0.717) is 0 Å². The summed E-state index contributed by atoms with van der Waals surface area (Å²) in [7, 11) is -1.06. The molecule has 0 atom stereocenters. The van der Waals surface area contributed by atoms with Crippen LogP contribution in [0.3, 0.4) is 0 Å². The molecule has 4 heteroatoms. The average Bonchev–Trinajstić information content (AvgIpc) is 1.88. The highest BCUT2D eigenvalue weighted by Gasteiger charge is 2.22. The molecule has 0 spiro atoms. The first-order valence-electron chi connectivity index (χ1n) is 2.73. The van der Waals surface area contributed by atoms with Gasteiger partial charge in [-0.05, 0) is 0 Å². The first-order chi connectivity index (χ1) is 4.61. The molecule has 0 aromatic carbocycles. The zero-order valence-corrected chi connectivity index (χ0v) is 8.29. The Morgan fingerprint density at radius 2 is 1.40 bits per heavy atom. The maximum Gasteiger partial charge on any atom is 0.194 e. The second-order valence-electron chi connectivity index (χ2n) is 1.86. The number of hydrogen-bond donors (Lipinski definition) is 0. The molecular formula is C6H5Cl3Si. The Bertz CT molecular complexity index is 204. The largest absolute Gasteiger partial charge is 0.194 e. The van der Waals surface area contributed by atoms with Crippen LogP contribution in [0.4, 0.5) is 0 Å². The second-order valence-corrected chi connectivity index (χ2v) is 7.42. The van der Waals surface area contributed by atoms with Crippen LogP contribution >= 0.6 is 34.8 Å². The van der Waals surface area contributed by atoms with E-state index in [-0.39, 0.29) is 0 Å². The molecular weight excluding hydrogens is 207 g/mol. The van der Waals surface area contributed by atoms with E-state index < -0.39 is 11.8 Å². The minimum absolute atomic E-state index is 1.06. The molecule has 0 saturated heterocycles. The van der Waals surface area contributed by atoms with Gasteiger partial charge in [-0.25, -0.2) is 0 Å². The monoisotopic (exact) mass is 210 g/mol. The van der Waals surface area contributed by atoms with Gasteiger partial charge >= 0.3 is 0 Å². The molecule has 0 bridgehead atoms. The topological polar surface area (TPSA) is 0 Å². The third-order valence-corrected chi connectivity index (χ3v) is 4.82. The van der Waals surface area contributed by atoms with Crippen molar-refractivity contribution in [2.75, 3.05) is 0 Å². The van der Waals surface area contributed by atoms with Crippen LogP contribution in [-0.4, -0.2) is 8.40 Å². The van der Waals surface area contributed by atoms with E-state index in [0.717, 1.165) is 0 Å². The molecule has 0 amide bonds. The first-order valence-corrected chi connectivity index (χ1v) is 5.52. The molecule has 0 radical (unpaired) electrons. The molecule has 1 rings (SSSR count). The lowest BCUT2D eigenvalue weighted by atomic mass is 10.6. The standard InChI is InChI=1S/C6H5Cl3Si/c7-6(8,9)10-4-2-1-3-5-10/h1-5H. The molecule has 0 aliphatic heterocycles. The minimum Gasteiger partial charge on any atom is -0.0837 e. The Morgan fingerprint density at radius 1 is 0.900 bits per heavy atom. The van der Waals surface area contributed by atoms with Gasteiger partial charge in [0.05, 0.1) is 0 Å². The fourth-order valence-corrected chi connectivity index (χ4v) is 2.89. The third kappa shape index (κ3) is 2.24. The van der Waals surface area contributed by atoms with E-state index in [9.17, 15) is 0 Å². The zero-order valence-electron chi connectivity index (χ0n) is 5.02. The van der Waals surface area contributed by atoms with Crippen LogP contribution in [-0.2, 0) is 3.42 Å². The van der Waals surface area contributed by atoms with Gasteiger partial charge in [0.1, 0.15) is 8.40 Å². The van der Waals surface area contributed by atoms with Crippen LogP contribution in [0.5, 0.6) is 0 Å². The van der Waals surface area contributed by atoms with Crippen molar-refractivity contribution in [2.45, 2.75) is 3.42 Å². The van der Waals surface area contributed by atoms with Crippen LogP contribution < -0.4 is 0 Å². The third-order valence-electron chi connectivity index (χ3n) is 1.10. The van der Waals surface area contributed by atoms with Gasteiger partial charge in [-0.3, -0.25) is 0 Å². The van der Waals surface area contributed by atoms with Crippen molar-refractivity contribution in [3.63, 3.8) is 0 Å². The van der Waals surface area contributed by atoms with Gasteiger partial charge in [0.2, 0.25) is 0 Å². The van der Waals surface area contributed by atoms with Crippen molar-refractivity contribution >= 4 is 43.2 Å². The molecule has 0 unspecified atom stereocenters. The Morgan fingerprint density at radius 3 is 1.70 bits per heavy atom. The van der Waals surface area contributed by atoms with Gasteiger partial charge in [-0.2, -0.15) is 0 Å². The van der Waals surface area contributed by atoms with Crippen LogP contribution in [0.15, 0.2) is 29.6 Å². The van der Waals surface area contributed by atoms with Gasteiger partial charge in [-0.15, -0.1) is 0 Å². The lowest BCUT2D eigenvalue weighted by Gasteiger charge is -2.08. The van der Waals surface area contributed by atoms with Crippen LogP contribution in [0.2, 0.25) is 0 Å². The fraction of sp³-hybridized carbons (Fsp3) is 0.167. The molecule has 0 N–H and O–H groups in total. The van der Waals surface area contributed by atoms with E-state index in [1.165, 1.54) is 0 Å². The normalized spacial score (nSPS) is 11.5. The van der Waals surface area contributed by atoms with E-state index in [4.69, 9.17) is 34.8 Å². The van der Waals surface area contributed by atoms with E-state index in [2.05, 4.69) is 0 Å². The van der Waals surface area contributed by atoms with Gasteiger partial charge < -0.3 is 0 Å². The Labute approximate surface area is 76.2 Å². The SMILES string of the molecule is ClC(Cl)(Cl)[si]1ccccc1. The van der Waals surface area contributed by atoms with Crippen molar-refractivity contribution in [3.05, 3.63) is 29.6 Å². The van der Waals surface area contributed by atoms with Crippen LogP contribution in [0, 0.1) is 0 Å². The summed E-state index contributed by atoms with van der Waals surface area (Å²) in [5, 5.41) is 0. The Kier molecular flexibility index (Phi) is 2.75. The maximum absolute atomic E-state index is 5.67. The lowest BCUT2D eigenvalue weighted by Crippen LogP contribution is -2.12. The molecule has 10 heavy (non-hydrogen) atoms. The van der Waals surface area contributed by atoms with Crippen molar-refractivity contribution in [2.24, 2.45) is 0 Å². The Hall–Kier alpha value is 0.437. The molecule has 0 nitrogen and oxygen atoms in total. The quantitative estimate of drug-likeness (QED) is 0.457. The summed E-state index contributed by atoms with van der Waals surface area (Å²) in [6.07, 6.45) is 0. The molecule has 1 heterocycles. The average molecular weight is 212 g/mol. The highest BCUT2D eigenvalue weighted by Crippen LogP contribution is 2.30. The van der Waals surface area contributed by atoms with Gasteiger partial charge in [-0.1, -0.05) is 64.4 Å². The van der Waals surface area contributed by atoms with Crippen molar-refractivity contribution in [1.82, 2.24) is 0 Å². The van der Waals surface area contributed by atoms with Gasteiger partial charge in [0.25, 0.3) is 0 Å². The van der Waals surface area contributed by atoms with Gasteiger partial charge in [0, 0.05) is 0 Å². The summed E-state index contributed by atoms with van der Waals surface area (Å²) in [5.41, 5.74) is 3.91. The minimum atomic E-state index is -1.11. The van der Waals surface area contributed by atoms with Crippen molar-refractivity contribution in [3.8, 4) is 0 Å². The number of alkyl halides is 3. The highest BCUT2D eigenvalue weighted by atomic mass is 35.6. The molecule has 0 aliphatic carbocycles. The lowest BCUT2D eigenvalue weighted by molar-refractivity contribution is 1.55. The molecule has 1 aromatic heterocycles. The highest BCUT2D eigenvalue weighted by molar-refractivity contribution is 6.88. The summed E-state index contributed by atoms with van der Waals surface area (Å²) < 4.78 is -1.11. The molecule has 0 saturated carbocycles. The van der Waals surface area contributed by atoms with E-state index in [1.54, 1.807) is 0 Å². The number of halogens is 3. The van der Waals surface area contributed by atoms with Crippen molar-refractivity contribution in [1.29, 1.82) is 0 Å². The summed E-state index contributed by atoms with van der Waals surface area (Å²) >= 11 is 17.0. The second kappa shape index (κ2) is 3.22. The first kappa shape index (κ1) is 8.53. The predicted octanol–water partition coefficient (Wildman–Crippen LogP) is 3.00. The summed E-state index contributed by atoms with van der Waals surface area (Å²) in [6, 6.07) is 5.75. The molecule has 0 aliphatic rings. The Balaban J connectivity index is 2.97. The van der Waals surface area contributed by atoms with E-state index >= 15 is 0 Å². The molecule has 0 fully saturated rings. The maximum atomic E-state index is 5.67. The predicted molar refractivity (Wildman–Crippen MR) is 47.9 cm³/mol. The zero-order chi connectivity index (χ0) is 7.61. The summed E-state index contributed by atoms with van der Waals surface area (Å²) in [5.74, 6) is 0. The molecule has 54 valence electrons. The van der Waals surface area contributed by atoms with Gasteiger partial charge in [0.15, 0.2) is 3.42 Å². The van der Waals surface area contributed by atoms with Crippen molar-refractivity contribution < 1.29 is 0 Å². The number of rotatable bonds is 0. The smallest absolute Gasteiger partial charge is 0.0837 e. The van der Waals surface area contributed by atoms with Crippen LogP contribution in [0.25, 0.3) is 0 Å². The molecule has 1 aromatic rings. The number of hydrogen-bond acceptors (Lipinski definition) is 0. The summed E-state index contributed by atoms with van der Waals surface area (Å²) in [4.78, 5) is 0. The summed E-state index contributed by atoms with van der Waals surface area (Å²) in [6.45, 7) is 0.